The van der Waals surface area contributed by atoms with Gasteiger partial charge in [0.15, 0.2) is 5.82 Å². The summed E-state index contributed by atoms with van der Waals surface area (Å²) in [7, 11) is 1.84. The summed E-state index contributed by atoms with van der Waals surface area (Å²) in [5.41, 5.74) is 1.10. The third-order valence-electron chi connectivity index (χ3n) is 2.11. The summed E-state index contributed by atoms with van der Waals surface area (Å²) in [6.45, 7) is 0.615. The van der Waals surface area contributed by atoms with Crippen molar-refractivity contribution in [3.63, 3.8) is 0 Å². The molecule has 1 N–H and O–H groups in total. The van der Waals surface area contributed by atoms with E-state index in [1.54, 1.807) is 0 Å². The first-order chi connectivity index (χ1) is 7.78. The van der Waals surface area contributed by atoms with Crippen LogP contribution in [-0.2, 0) is 13.0 Å². The van der Waals surface area contributed by atoms with Crippen molar-refractivity contribution < 1.29 is 4.52 Å². The lowest BCUT2D eigenvalue weighted by molar-refractivity contribution is 0.378. The van der Waals surface area contributed by atoms with Crippen LogP contribution in [0.5, 0.6) is 0 Å². The van der Waals surface area contributed by atoms with Crippen LogP contribution >= 0.6 is 11.6 Å². The fourth-order valence-corrected chi connectivity index (χ4v) is 1.49. The minimum absolute atomic E-state index is 0.615. The minimum atomic E-state index is 0.615. The Morgan fingerprint density at radius 3 is 2.75 bits per heavy atom. The van der Waals surface area contributed by atoms with Gasteiger partial charge in [0.25, 0.3) is 0 Å². The van der Waals surface area contributed by atoms with Crippen LogP contribution in [0.1, 0.15) is 17.3 Å². The molecule has 0 amide bonds. The Morgan fingerprint density at radius 1 is 1.31 bits per heavy atom. The Kier molecular flexibility index (Phi) is 3.54. The summed E-state index contributed by atoms with van der Waals surface area (Å²) in [6, 6.07) is 7.60. The number of benzene rings is 1. The molecule has 0 radical (unpaired) electrons. The van der Waals surface area contributed by atoms with E-state index in [4.69, 9.17) is 16.1 Å². The van der Waals surface area contributed by atoms with E-state index >= 15 is 0 Å². The zero-order chi connectivity index (χ0) is 11.4. The highest BCUT2D eigenvalue weighted by molar-refractivity contribution is 6.30. The van der Waals surface area contributed by atoms with Gasteiger partial charge in [-0.15, -0.1) is 0 Å². The van der Waals surface area contributed by atoms with Crippen molar-refractivity contribution in [2.24, 2.45) is 0 Å². The third kappa shape index (κ3) is 2.81. The van der Waals surface area contributed by atoms with Crippen molar-refractivity contribution >= 4 is 11.6 Å². The molecular weight excluding hydrogens is 226 g/mol. The Hall–Kier alpha value is -1.39. The molecule has 1 aromatic heterocycles. The first-order valence-electron chi connectivity index (χ1n) is 4.98. The molecule has 5 heteroatoms. The van der Waals surface area contributed by atoms with Gasteiger partial charge in [0.2, 0.25) is 5.89 Å². The lowest BCUT2D eigenvalue weighted by Crippen LogP contribution is -2.06. The SMILES string of the molecule is CNCc1noc(Cc2ccc(Cl)cc2)n1. The van der Waals surface area contributed by atoms with E-state index < -0.39 is 0 Å². The fraction of sp³-hybridized carbons (Fsp3) is 0.273. The second kappa shape index (κ2) is 5.09. The number of hydrogen-bond donors (Lipinski definition) is 1. The van der Waals surface area contributed by atoms with E-state index in [0.717, 1.165) is 10.6 Å². The normalized spacial score (nSPS) is 10.6. The van der Waals surface area contributed by atoms with Gasteiger partial charge in [-0.1, -0.05) is 28.9 Å². The number of rotatable bonds is 4. The van der Waals surface area contributed by atoms with Crippen molar-refractivity contribution in [3.05, 3.63) is 46.6 Å². The Balaban J connectivity index is 2.05. The zero-order valence-corrected chi connectivity index (χ0v) is 9.66. The molecule has 0 saturated heterocycles. The van der Waals surface area contributed by atoms with Crippen LogP contribution in [0.15, 0.2) is 28.8 Å². The lowest BCUT2D eigenvalue weighted by atomic mass is 10.1. The van der Waals surface area contributed by atoms with E-state index in [0.29, 0.717) is 24.7 Å². The molecule has 4 nitrogen and oxygen atoms in total. The molecule has 0 spiro atoms. The number of aromatic nitrogens is 2. The maximum atomic E-state index is 5.80. The smallest absolute Gasteiger partial charge is 0.231 e. The molecular formula is C11H12ClN3O. The molecule has 0 unspecified atom stereocenters. The second-order valence-corrected chi connectivity index (χ2v) is 3.87. The summed E-state index contributed by atoms with van der Waals surface area (Å²) in [5.74, 6) is 1.29. The monoisotopic (exact) mass is 237 g/mol. The van der Waals surface area contributed by atoms with Gasteiger partial charge in [0.1, 0.15) is 0 Å². The molecule has 1 heterocycles. The fourth-order valence-electron chi connectivity index (χ4n) is 1.37. The predicted octanol–water partition coefficient (Wildman–Crippen LogP) is 2.03. The minimum Gasteiger partial charge on any atom is -0.339 e. The van der Waals surface area contributed by atoms with Gasteiger partial charge in [-0.25, -0.2) is 0 Å². The molecule has 0 bridgehead atoms. The zero-order valence-electron chi connectivity index (χ0n) is 8.90. The maximum Gasteiger partial charge on any atom is 0.231 e. The second-order valence-electron chi connectivity index (χ2n) is 3.44. The van der Waals surface area contributed by atoms with Crippen molar-refractivity contribution in [1.82, 2.24) is 15.5 Å². The average Bonchev–Trinajstić information content (AvgIpc) is 2.70. The highest BCUT2D eigenvalue weighted by atomic mass is 35.5. The molecule has 0 aliphatic carbocycles. The van der Waals surface area contributed by atoms with Gasteiger partial charge in [-0.05, 0) is 24.7 Å². The number of nitrogens with zero attached hydrogens (tertiary/aromatic N) is 2. The van der Waals surface area contributed by atoms with Gasteiger partial charge in [-0.2, -0.15) is 4.98 Å². The first kappa shape index (κ1) is 11.1. The van der Waals surface area contributed by atoms with E-state index in [1.807, 2.05) is 31.3 Å². The van der Waals surface area contributed by atoms with Crippen LogP contribution in [-0.4, -0.2) is 17.2 Å². The van der Waals surface area contributed by atoms with Crippen molar-refractivity contribution in [2.45, 2.75) is 13.0 Å². The van der Waals surface area contributed by atoms with E-state index in [9.17, 15) is 0 Å². The third-order valence-corrected chi connectivity index (χ3v) is 2.37. The summed E-state index contributed by atoms with van der Waals surface area (Å²) in [5, 5.41) is 7.54. The first-order valence-corrected chi connectivity index (χ1v) is 5.36. The van der Waals surface area contributed by atoms with Crippen LogP contribution in [0.4, 0.5) is 0 Å². The molecule has 0 atom stereocenters. The molecule has 0 saturated carbocycles. The highest BCUT2D eigenvalue weighted by Crippen LogP contribution is 2.12. The standard InChI is InChI=1S/C11H12ClN3O/c1-13-7-10-14-11(16-15-10)6-8-2-4-9(12)5-3-8/h2-5,13H,6-7H2,1H3. The van der Waals surface area contributed by atoms with Crippen LogP contribution in [0.3, 0.4) is 0 Å². The Morgan fingerprint density at radius 2 is 2.06 bits per heavy atom. The number of nitrogens with one attached hydrogen (secondary N) is 1. The van der Waals surface area contributed by atoms with Gasteiger partial charge in [0.05, 0.1) is 13.0 Å². The van der Waals surface area contributed by atoms with E-state index in [-0.39, 0.29) is 0 Å². The van der Waals surface area contributed by atoms with Crippen LogP contribution in [0, 0.1) is 0 Å². The predicted molar refractivity (Wildman–Crippen MR) is 61.3 cm³/mol. The molecule has 0 fully saturated rings. The Bertz CT molecular complexity index is 453. The van der Waals surface area contributed by atoms with Gasteiger partial charge < -0.3 is 9.84 Å². The van der Waals surface area contributed by atoms with Crippen LogP contribution in [0.25, 0.3) is 0 Å². The molecule has 84 valence electrons. The molecule has 1 aromatic carbocycles. The van der Waals surface area contributed by atoms with Gasteiger partial charge >= 0.3 is 0 Å². The van der Waals surface area contributed by atoms with Crippen LogP contribution in [0.2, 0.25) is 5.02 Å². The van der Waals surface area contributed by atoms with Crippen LogP contribution < -0.4 is 5.32 Å². The number of hydrogen-bond acceptors (Lipinski definition) is 4. The largest absolute Gasteiger partial charge is 0.339 e. The van der Waals surface area contributed by atoms with Crippen molar-refractivity contribution in [3.8, 4) is 0 Å². The summed E-state index contributed by atoms with van der Waals surface area (Å²) in [6.07, 6.45) is 0.633. The number of halogens is 1. The van der Waals surface area contributed by atoms with E-state index in [2.05, 4.69) is 15.5 Å². The molecule has 0 aliphatic rings. The van der Waals surface area contributed by atoms with Gasteiger partial charge in [-0.3, -0.25) is 0 Å². The molecule has 0 aliphatic heterocycles. The van der Waals surface area contributed by atoms with Crippen molar-refractivity contribution in [2.75, 3.05) is 7.05 Å². The summed E-state index contributed by atoms with van der Waals surface area (Å²) in [4.78, 5) is 4.24. The summed E-state index contributed by atoms with van der Waals surface area (Å²) >= 11 is 5.80. The lowest BCUT2D eigenvalue weighted by Gasteiger charge is -1.96. The average molecular weight is 238 g/mol. The van der Waals surface area contributed by atoms with E-state index in [1.165, 1.54) is 0 Å². The summed E-state index contributed by atoms with van der Waals surface area (Å²) < 4.78 is 5.12. The Labute approximate surface area is 98.6 Å². The van der Waals surface area contributed by atoms with Gasteiger partial charge in [0, 0.05) is 5.02 Å². The molecule has 2 rings (SSSR count). The maximum absolute atomic E-state index is 5.80. The molecule has 2 aromatic rings. The van der Waals surface area contributed by atoms with Crippen molar-refractivity contribution in [1.29, 1.82) is 0 Å². The highest BCUT2D eigenvalue weighted by Gasteiger charge is 2.06. The quantitative estimate of drug-likeness (QED) is 0.884. The topological polar surface area (TPSA) is 51.0 Å². The molecule has 16 heavy (non-hydrogen) atoms.